The van der Waals surface area contributed by atoms with Gasteiger partial charge < -0.3 is 20.9 Å². The maximum absolute atomic E-state index is 11.5. The van der Waals surface area contributed by atoms with Gasteiger partial charge >= 0.3 is 0 Å². The molecule has 3 atom stereocenters. The van der Waals surface area contributed by atoms with Gasteiger partial charge in [0.25, 0.3) is 0 Å². The van der Waals surface area contributed by atoms with Gasteiger partial charge in [-0.3, -0.25) is 4.79 Å². The Bertz CT molecular complexity index is 362. The highest BCUT2D eigenvalue weighted by molar-refractivity contribution is 5.84. The van der Waals surface area contributed by atoms with Crippen LogP contribution in [0.2, 0.25) is 0 Å². The van der Waals surface area contributed by atoms with E-state index in [1.807, 2.05) is 14.0 Å². The zero-order valence-electron chi connectivity index (χ0n) is 13.9. The van der Waals surface area contributed by atoms with E-state index in [0.29, 0.717) is 0 Å². The summed E-state index contributed by atoms with van der Waals surface area (Å²) in [4.78, 5) is 16.6. The first-order valence-electron chi connectivity index (χ1n) is 8.37. The van der Waals surface area contributed by atoms with Crippen LogP contribution in [0.5, 0.6) is 0 Å². The third-order valence-electron chi connectivity index (χ3n) is 5.68. The highest BCUT2D eigenvalue weighted by Gasteiger charge is 2.34. The monoisotopic (exact) mass is 296 g/mol. The van der Waals surface area contributed by atoms with E-state index >= 15 is 0 Å². The maximum atomic E-state index is 11.5. The van der Waals surface area contributed by atoms with Crippen molar-refractivity contribution in [3.63, 3.8) is 0 Å². The Balaban J connectivity index is 1.76. The lowest BCUT2D eigenvalue weighted by molar-refractivity contribution is -0.123. The normalized spacial score (nSPS) is 30.6. The van der Waals surface area contributed by atoms with Crippen molar-refractivity contribution in [2.24, 2.45) is 11.7 Å². The molecule has 2 heterocycles. The number of primary amides is 1. The molecular formula is C16H32N4O. The largest absolute Gasteiger partial charge is 0.368 e. The average Bonchev–Trinajstić information content (AvgIpc) is 2.47. The van der Waals surface area contributed by atoms with Gasteiger partial charge in [-0.2, -0.15) is 0 Å². The van der Waals surface area contributed by atoms with Gasteiger partial charge in [0.05, 0.1) is 5.54 Å². The molecule has 21 heavy (non-hydrogen) atoms. The van der Waals surface area contributed by atoms with E-state index in [1.165, 1.54) is 38.9 Å². The number of rotatable bonds is 6. The molecule has 2 rings (SSSR count). The summed E-state index contributed by atoms with van der Waals surface area (Å²) in [7, 11) is 4.09. The van der Waals surface area contributed by atoms with Gasteiger partial charge in [0.1, 0.15) is 0 Å². The molecule has 122 valence electrons. The van der Waals surface area contributed by atoms with E-state index in [9.17, 15) is 4.79 Å². The quantitative estimate of drug-likeness (QED) is 0.755. The van der Waals surface area contributed by atoms with E-state index < -0.39 is 5.54 Å². The number of nitrogens with one attached hydrogen (secondary N) is 1. The van der Waals surface area contributed by atoms with Crippen molar-refractivity contribution in [1.29, 1.82) is 0 Å². The number of piperidine rings is 2. The van der Waals surface area contributed by atoms with Crippen LogP contribution in [0.3, 0.4) is 0 Å². The van der Waals surface area contributed by atoms with Crippen LogP contribution in [-0.4, -0.2) is 67.6 Å². The number of likely N-dealkylation sites (tertiary alicyclic amines) is 2. The standard InChI is InChI=1S/C16H32N4O/c1-16(18-2,15(17)21)8-5-10-20-11-7-14-13(12-20)6-4-9-19(14)3/h13-14,18H,4-12H2,1-3H3,(H2,17,21). The summed E-state index contributed by atoms with van der Waals surface area (Å²) in [5.74, 6) is 0.585. The third kappa shape index (κ3) is 3.96. The second-order valence-corrected chi connectivity index (χ2v) is 7.09. The lowest BCUT2D eigenvalue weighted by atomic mass is 9.84. The number of carbonyl (C=O) groups is 1. The zero-order chi connectivity index (χ0) is 15.5. The molecule has 3 unspecified atom stereocenters. The number of nitrogens with zero attached hydrogens (tertiary/aromatic N) is 2. The summed E-state index contributed by atoms with van der Waals surface area (Å²) in [5.41, 5.74) is 4.92. The highest BCUT2D eigenvalue weighted by atomic mass is 16.1. The number of carbonyl (C=O) groups excluding carboxylic acids is 1. The SMILES string of the molecule is CNC(C)(CCCN1CCC2C(CCCN2C)C1)C(N)=O. The van der Waals surface area contributed by atoms with Gasteiger partial charge in [-0.1, -0.05) is 0 Å². The number of fused-ring (bicyclic) bond motifs is 1. The van der Waals surface area contributed by atoms with Gasteiger partial charge in [-0.05, 0) is 78.7 Å². The topological polar surface area (TPSA) is 61.6 Å². The molecule has 5 heteroatoms. The van der Waals surface area contributed by atoms with Crippen molar-refractivity contribution in [1.82, 2.24) is 15.1 Å². The van der Waals surface area contributed by atoms with Crippen LogP contribution < -0.4 is 11.1 Å². The fourth-order valence-corrected chi connectivity index (χ4v) is 3.96. The molecule has 0 aromatic heterocycles. The van der Waals surface area contributed by atoms with Crippen LogP contribution >= 0.6 is 0 Å². The summed E-state index contributed by atoms with van der Waals surface area (Å²) in [6.45, 7) is 6.66. The molecule has 0 aliphatic carbocycles. The molecule has 2 fully saturated rings. The third-order valence-corrected chi connectivity index (χ3v) is 5.68. The van der Waals surface area contributed by atoms with Crippen LogP contribution in [0.1, 0.15) is 39.0 Å². The van der Waals surface area contributed by atoms with Crippen molar-refractivity contribution in [3.8, 4) is 0 Å². The average molecular weight is 296 g/mol. The van der Waals surface area contributed by atoms with Crippen LogP contribution in [0.25, 0.3) is 0 Å². The molecule has 0 aromatic carbocycles. The Labute approximate surface area is 129 Å². The Morgan fingerprint density at radius 2 is 2.14 bits per heavy atom. The maximum Gasteiger partial charge on any atom is 0.237 e. The lowest BCUT2D eigenvalue weighted by Crippen LogP contribution is -2.53. The predicted octanol–water partition coefficient (Wildman–Crippen LogP) is 0.646. The summed E-state index contributed by atoms with van der Waals surface area (Å²) in [6, 6.07) is 0.795. The molecule has 0 radical (unpaired) electrons. The molecular weight excluding hydrogens is 264 g/mol. The first-order valence-corrected chi connectivity index (χ1v) is 8.37. The second kappa shape index (κ2) is 7.07. The fraction of sp³-hybridized carbons (Fsp3) is 0.938. The molecule has 2 aliphatic heterocycles. The van der Waals surface area contributed by atoms with Crippen LogP contribution in [0.15, 0.2) is 0 Å². The summed E-state index contributed by atoms with van der Waals surface area (Å²) in [6.07, 6.45) is 5.84. The van der Waals surface area contributed by atoms with E-state index in [4.69, 9.17) is 5.73 Å². The minimum Gasteiger partial charge on any atom is -0.368 e. The number of amides is 1. The fourth-order valence-electron chi connectivity index (χ4n) is 3.96. The van der Waals surface area contributed by atoms with Crippen molar-refractivity contribution < 1.29 is 4.79 Å². The lowest BCUT2D eigenvalue weighted by Gasteiger charge is -2.46. The number of hydrogen-bond donors (Lipinski definition) is 2. The molecule has 2 aliphatic rings. The van der Waals surface area contributed by atoms with Crippen LogP contribution in [0, 0.1) is 5.92 Å². The van der Waals surface area contributed by atoms with Gasteiger partial charge in [0, 0.05) is 12.6 Å². The van der Waals surface area contributed by atoms with Gasteiger partial charge in [-0.15, -0.1) is 0 Å². The minimum absolute atomic E-state index is 0.252. The molecule has 0 aromatic rings. The predicted molar refractivity (Wildman–Crippen MR) is 86.1 cm³/mol. The molecule has 0 bridgehead atoms. The number of hydrogen-bond acceptors (Lipinski definition) is 4. The molecule has 0 spiro atoms. The molecule has 5 nitrogen and oxygen atoms in total. The molecule has 1 amide bonds. The minimum atomic E-state index is -0.566. The van der Waals surface area contributed by atoms with E-state index in [1.54, 1.807) is 0 Å². The van der Waals surface area contributed by atoms with Gasteiger partial charge in [0.15, 0.2) is 0 Å². The van der Waals surface area contributed by atoms with Crippen molar-refractivity contribution in [2.75, 3.05) is 40.3 Å². The first kappa shape index (κ1) is 16.7. The highest BCUT2D eigenvalue weighted by Crippen LogP contribution is 2.29. The van der Waals surface area contributed by atoms with Gasteiger partial charge in [-0.25, -0.2) is 0 Å². The van der Waals surface area contributed by atoms with Gasteiger partial charge in [0.2, 0.25) is 5.91 Å². The van der Waals surface area contributed by atoms with Crippen LogP contribution in [-0.2, 0) is 4.79 Å². The van der Waals surface area contributed by atoms with Crippen molar-refractivity contribution in [2.45, 2.75) is 50.6 Å². The number of likely N-dealkylation sites (N-methyl/N-ethyl adjacent to an activating group) is 1. The Kier molecular flexibility index (Phi) is 5.63. The summed E-state index contributed by atoms with van der Waals surface area (Å²) >= 11 is 0. The van der Waals surface area contributed by atoms with E-state index in [-0.39, 0.29) is 5.91 Å². The van der Waals surface area contributed by atoms with Crippen molar-refractivity contribution >= 4 is 5.91 Å². The zero-order valence-corrected chi connectivity index (χ0v) is 13.9. The van der Waals surface area contributed by atoms with E-state index in [0.717, 1.165) is 31.3 Å². The Morgan fingerprint density at radius 3 is 2.81 bits per heavy atom. The molecule has 0 saturated carbocycles. The van der Waals surface area contributed by atoms with Crippen LogP contribution in [0.4, 0.5) is 0 Å². The Morgan fingerprint density at radius 1 is 1.38 bits per heavy atom. The second-order valence-electron chi connectivity index (χ2n) is 7.09. The smallest absolute Gasteiger partial charge is 0.237 e. The number of nitrogens with two attached hydrogens (primary N) is 1. The molecule has 3 N–H and O–H groups in total. The molecule has 2 saturated heterocycles. The summed E-state index contributed by atoms with van der Waals surface area (Å²) < 4.78 is 0. The van der Waals surface area contributed by atoms with E-state index in [2.05, 4.69) is 22.2 Å². The van der Waals surface area contributed by atoms with Crippen molar-refractivity contribution in [3.05, 3.63) is 0 Å². The Hall–Kier alpha value is -0.650. The summed E-state index contributed by atoms with van der Waals surface area (Å²) in [5, 5.41) is 3.07. The first-order chi connectivity index (χ1) is 9.96.